The van der Waals surface area contributed by atoms with Crippen LogP contribution in [0.3, 0.4) is 0 Å². The van der Waals surface area contributed by atoms with Crippen molar-refractivity contribution in [2.45, 2.75) is 13.5 Å². The standard InChI is InChI=1S/C21H21ClO6/c1-13(23)15-6-7-18(25-2)16(11-15)12-28-20(24)8-5-14-9-17(22)21(27-4)19(10-14)26-3/h5-11H,12H2,1-4H3. The molecule has 0 saturated carbocycles. The van der Waals surface area contributed by atoms with Gasteiger partial charge in [0.15, 0.2) is 17.3 Å². The van der Waals surface area contributed by atoms with Crippen LogP contribution in [0, 0.1) is 0 Å². The number of methoxy groups -OCH3 is 3. The van der Waals surface area contributed by atoms with E-state index in [-0.39, 0.29) is 12.4 Å². The highest BCUT2D eigenvalue weighted by Crippen LogP contribution is 2.36. The Balaban J connectivity index is 2.10. The molecule has 0 heterocycles. The first-order valence-corrected chi connectivity index (χ1v) is 8.71. The lowest BCUT2D eigenvalue weighted by atomic mass is 10.1. The molecule has 0 atom stereocenters. The van der Waals surface area contributed by atoms with Gasteiger partial charge in [0.1, 0.15) is 12.4 Å². The Bertz CT molecular complexity index is 904. The number of ketones is 1. The Morgan fingerprint density at radius 1 is 1.00 bits per heavy atom. The molecular formula is C21H21ClO6. The number of carbonyl (C=O) groups is 2. The molecule has 0 bridgehead atoms. The summed E-state index contributed by atoms with van der Waals surface area (Å²) in [4.78, 5) is 23.6. The monoisotopic (exact) mass is 404 g/mol. The Kier molecular flexibility index (Phi) is 7.46. The molecule has 2 aromatic rings. The van der Waals surface area contributed by atoms with E-state index in [1.165, 1.54) is 34.3 Å². The van der Waals surface area contributed by atoms with Gasteiger partial charge in [-0.2, -0.15) is 0 Å². The number of Topliss-reactive ketones (excluding diaryl/α,β-unsaturated/α-hetero) is 1. The van der Waals surface area contributed by atoms with Gasteiger partial charge in [-0.15, -0.1) is 0 Å². The Hall–Kier alpha value is -2.99. The number of halogens is 1. The predicted molar refractivity (Wildman–Crippen MR) is 106 cm³/mol. The molecule has 0 aliphatic heterocycles. The van der Waals surface area contributed by atoms with Gasteiger partial charge in [-0.1, -0.05) is 11.6 Å². The molecular weight excluding hydrogens is 384 g/mol. The predicted octanol–water partition coefficient (Wildman–Crippen LogP) is 4.33. The highest BCUT2D eigenvalue weighted by atomic mass is 35.5. The van der Waals surface area contributed by atoms with Crippen LogP contribution in [-0.2, 0) is 16.1 Å². The first kappa shape index (κ1) is 21.3. The van der Waals surface area contributed by atoms with E-state index in [4.69, 9.17) is 30.5 Å². The number of hydrogen-bond acceptors (Lipinski definition) is 6. The fraction of sp³-hybridized carbons (Fsp3) is 0.238. The second kappa shape index (κ2) is 9.80. The van der Waals surface area contributed by atoms with Crippen LogP contribution in [-0.4, -0.2) is 33.1 Å². The molecule has 6 nitrogen and oxygen atoms in total. The maximum Gasteiger partial charge on any atom is 0.331 e. The molecule has 2 rings (SSSR count). The van der Waals surface area contributed by atoms with Gasteiger partial charge in [0.05, 0.1) is 26.4 Å². The van der Waals surface area contributed by atoms with Crippen molar-refractivity contribution >= 4 is 29.4 Å². The first-order valence-electron chi connectivity index (χ1n) is 8.33. The first-order chi connectivity index (χ1) is 13.4. The zero-order chi connectivity index (χ0) is 20.7. The smallest absolute Gasteiger partial charge is 0.331 e. The summed E-state index contributed by atoms with van der Waals surface area (Å²) in [5.74, 6) is 0.769. The molecule has 0 saturated heterocycles. The van der Waals surface area contributed by atoms with Crippen molar-refractivity contribution in [3.8, 4) is 17.2 Å². The molecule has 0 aliphatic carbocycles. The minimum absolute atomic E-state index is 0.0276. The van der Waals surface area contributed by atoms with Gasteiger partial charge >= 0.3 is 5.97 Å². The van der Waals surface area contributed by atoms with Gasteiger partial charge in [0.25, 0.3) is 0 Å². The highest BCUT2D eigenvalue weighted by Gasteiger charge is 2.11. The average Bonchev–Trinajstić information content (AvgIpc) is 2.69. The average molecular weight is 405 g/mol. The van der Waals surface area contributed by atoms with Gasteiger partial charge in [-0.05, 0) is 48.9 Å². The van der Waals surface area contributed by atoms with Crippen molar-refractivity contribution in [3.63, 3.8) is 0 Å². The molecule has 0 amide bonds. The summed E-state index contributed by atoms with van der Waals surface area (Å²) in [5, 5.41) is 0.362. The summed E-state index contributed by atoms with van der Waals surface area (Å²) in [6.45, 7) is 1.44. The molecule has 2 aromatic carbocycles. The van der Waals surface area contributed by atoms with E-state index < -0.39 is 5.97 Å². The normalized spacial score (nSPS) is 10.6. The molecule has 0 unspecified atom stereocenters. The maximum atomic E-state index is 12.1. The van der Waals surface area contributed by atoms with Gasteiger partial charge in [0, 0.05) is 17.2 Å². The summed E-state index contributed by atoms with van der Waals surface area (Å²) >= 11 is 6.15. The van der Waals surface area contributed by atoms with Crippen molar-refractivity contribution in [1.82, 2.24) is 0 Å². The van der Waals surface area contributed by atoms with E-state index >= 15 is 0 Å². The van der Waals surface area contributed by atoms with Crippen LogP contribution in [0.1, 0.15) is 28.4 Å². The fourth-order valence-corrected chi connectivity index (χ4v) is 2.80. The summed E-state index contributed by atoms with van der Waals surface area (Å²) in [7, 11) is 4.50. The van der Waals surface area contributed by atoms with E-state index in [9.17, 15) is 9.59 Å². The zero-order valence-electron chi connectivity index (χ0n) is 16.1. The Morgan fingerprint density at radius 2 is 1.71 bits per heavy atom. The molecule has 7 heteroatoms. The van der Waals surface area contributed by atoms with Crippen molar-refractivity contribution in [3.05, 3.63) is 58.1 Å². The van der Waals surface area contributed by atoms with E-state index in [2.05, 4.69) is 0 Å². The van der Waals surface area contributed by atoms with Crippen molar-refractivity contribution in [2.24, 2.45) is 0 Å². The van der Waals surface area contributed by atoms with Crippen LogP contribution < -0.4 is 14.2 Å². The molecule has 0 aliphatic rings. The van der Waals surface area contributed by atoms with Crippen molar-refractivity contribution < 1.29 is 28.5 Å². The third kappa shape index (κ3) is 5.27. The third-order valence-electron chi connectivity index (χ3n) is 3.92. The van der Waals surface area contributed by atoms with Gasteiger partial charge in [-0.3, -0.25) is 4.79 Å². The SMILES string of the molecule is COc1ccc(C(C)=O)cc1COC(=O)C=Cc1cc(Cl)c(OC)c(OC)c1. The Labute approximate surface area is 168 Å². The number of hydrogen-bond donors (Lipinski definition) is 0. The largest absolute Gasteiger partial charge is 0.496 e. The van der Waals surface area contributed by atoms with Crippen LogP contribution in [0.5, 0.6) is 17.2 Å². The molecule has 0 N–H and O–H groups in total. The zero-order valence-corrected chi connectivity index (χ0v) is 16.8. The third-order valence-corrected chi connectivity index (χ3v) is 4.21. The summed E-state index contributed by atoms with van der Waals surface area (Å²) in [6, 6.07) is 8.31. The molecule has 28 heavy (non-hydrogen) atoms. The molecule has 0 aromatic heterocycles. The van der Waals surface area contributed by atoms with Crippen LogP contribution in [0.4, 0.5) is 0 Å². The van der Waals surface area contributed by atoms with Crippen molar-refractivity contribution in [2.75, 3.05) is 21.3 Å². The van der Waals surface area contributed by atoms with E-state index in [0.717, 1.165) is 0 Å². The maximum absolute atomic E-state index is 12.1. The molecule has 0 spiro atoms. The van der Waals surface area contributed by atoms with Gasteiger partial charge in [0.2, 0.25) is 0 Å². The van der Waals surface area contributed by atoms with E-state index in [0.29, 0.717) is 39.0 Å². The summed E-state index contributed by atoms with van der Waals surface area (Å²) < 4.78 is 20.9. The number of esters is 1. The van der Waals surface area contributed by atoms with E-state index in [1.807, 2.05) is 0 Å². The number of carbonyl (C=O) groups excluding carboxylic acids is 2. The topological polar surface area (TPSA) is 71.1 Å². The van der Waals surface area contributed by atoms with Crippen LogP contribution in [0.2, 0.25) is 5.02 Å². The highest BCUT2D eigenvalue weighted by molar-refractivity contribution is 6.32. The molecule has 148 valence electrons. The Morgan fingerprint density at radius 3 is 2.32 bits per heavy atom. The lowest BCUT2D eigenvalue weighted by molar-refractivity contribution is -0.138. The minimum atomic E-state index is -0.554. The lowest BCUT2D eigenvalue weighted by Gasteiger charge is -2.10. The molecule has 0 radical (unpaired) electrons. The van der Waals surface area contributed by atoms with E-state index in [1.54, 1.807) is 36.4 Å². The second-order valence-corrected chi connectivity index (χ2v) is 6.17. The summed E-state index contributed by atoms with van der Waals surface area (Å²) in [6.07, 6.45) is 2.83. The number of rotatable bonds is 8. The number of benzene rings is 2. The minimum Gasteiger partial charge on any atom is -0.496 e. The van der Waals surface area contributed by atoms with Gasteiger partial charge < -0.3 is 18.9 Å². The van der Waals surface area contributed by atoms with Gasteiger partial charge in [-0.25, -0.2) is 4.79 Å². The fourth-order valence-electron chi connectivity index (χ4n) is 2.51. The quantitative estimate of drug-likeness (QED) is 0.370. The van der Waals surface area contributed by atoms with Crippen LogP contribution >= 0.6 is 11.6 Å². The van der Waals surface area contributed by atoms with Crippen molar-refractivity contribution in [1.29, 1.82) is 0 Å². The number of ether oxygens (including phenoxy) is 4. The van der Waals surface area contributed by atoms with Crippen LogP contribution in [0.25, 0.3) is 6.08 Å². The second-order valence-electron chi connectivity index (χ2n) is 5.76. The van der Waals surface area contributed by atoms with Crippen LogP contribution in [0.15, 0.2) is 36.4 Å². The lowest BCUT2D eigenvalue weighted by Crippen LogP contribution is -2.04. The summed E-state index contributed by atoms with van der Waals surface area (Å²) in [5.41, 5.74) is 1.77. The molecule has 0 fully saturated rings.